The molecule has 0 spiro atoms. The molecular weight excluding hydrogens is 326 g/mol. The zero-order chi connectivity index (χ0) is 17.2. The smallest absolute Gasteiger partial charge is 0.293 e. The SMILES string of the molecule is CN(C(=O)c1ccc(S(=O)(=O)c2ccccc2)o1)c1ccccc1. The summed E-state index contributed by atoms with van der Waals surface area (Å²) >= 11 is 0. The molecular formula is C18H15NO4S. The van der Waals surface area contributed by atoms with Crippen LogP contribution in [0.15, 0.2) is 87.2 Å². The minimum atomic E-state index is -3.78. The van der Waals surface area contributed by atoms with Crippen LogP contribution in [-0.2, 0) is 9.84 Å². The van der Waals surface area contributed by atoms with E-state index in [4.69, 9.17) is 4.42 Å². The van der Waals surface area contributed by atoms with E-state index in [-0.39, 0.29) is 15.7 Å². The predicted octanol–water partition coefficient (Wildman–Crippen LogP) is 3.39. The summed E-state index contributed by atoms with van der Waals surface area (Å²) < 4.78 is 30.3. The molecule has 0 unspecified atom stereocenters. The van der Waals surface area contributed by atoms with Crippen molar-refractivity contribution >= 4 is 21.4 Å². The maximum atomic E-state index is 12.5. The largest absolute Gasteiger partial charge is 0.439 e. The molecule has 1 heterocycles. The van der Waals surface area contributed by atoms with E-state index in [1.54, 1.807) is 37.4 Å². The molecule has 6 heteroatoms. The molecule has 0 fully saturated rings. The monoisotopic (exact) mass is 341 g/mol. The molecule has 0 aliphatic heterocycles. The van der Waals surface area contributed by atoms with Crippen LogP contribution in [0.5, 0.6) is 0 Å². The van der Waals surface area contributed by atoms with Gasteiger partial charge in [0.1, 0.15) is 0 Å². The Balaban J connectivity index is 1.90. The van der Waals surface area contributed by atoms with E-state index in [2.05, 4.69) is 0 Å². The number of carbonyl (C=O) groups is 1. The third kappa shape index (κ3) is 2.96. The van der Waals surface area contributed by atoms with Crippen molar-refractivity contribution < 1.29 is 17.6 Å². The van der Waals surface area contributed by atoms with Gasteiger partial charge in [-0.2, -0.15) is 0 Å². The average molecular weight is 341 g/mol. The highest BCUT2D eigenvalue weighted by Crippen LogP contribution is 2.24. The molecule has 24 heavy (non-hydrogen) atoms. The first kappa shape index (κ1) is 16.0. The zero-order valence-corrected chi connectivity index (χ0v) is 13.7. The number of hydrogen-bond acceptors (Lipinski definition) is 4. The lowest BCUT2D eigenvalue weighted by Crippen LogP contribution is -2.25. The van der Waals surface area contributed by atoms with Crippen molar-refractivity contribution in [2.75, 3.05) is 11.9 Å². The van der Waals surface area contributed by atoms with Gasteiger partial charge >= 0.3 is 0 Å². The van der Waals surface area contributed by atoms with Crippen molar-refractivity contribution in [2.45, 2.75) is 9.99 Å². The Morgan fingerprint density at radius 3 is 2.08 bits per heavy atom. The minimum absolute atomic E-state index is 0.0316. The van der Waals surface area contributed by atoms with E-state index in [1.807, 2.05) is 18.2 Å². The minimum Gasteiger partial charge on any atom is -0.439 e. The molecule has 0 saturated heterocycles. The van der Waals surface area contributed by atoms with Crippen LogP contribution in [0.25, 0.3) is 0 Å². The summed E-state index contributed by atoms with van der Waals surface area (Å²) in [6, 6.07) is 19.7. The highest BCUT2D eigenvalue weighted by atomic mass is 32.2. The topological polar surface area (TPSA) is 67.6 Å². The maximum Gasteiger partial charge on any atom is 0.293 e. The molecule has 0 aliphatic carbocycles. The Labute approximate surface area is 140 Å². The number of rotatable bonds is 4. The molecule has 1 amide bonds. The fourth-order valence-electron chi connectivity index (χ4n) is 2.23. The van der Waals surface area contributed by atoms with Crippen LogP contribution in [0.1, 0.15) is 10.6 Å². The van der Waals surface area contributed by atoms with E-state index < -0.39 is 15.7 Å². The summed E-state index contributed by atoms with van der Waals surface area (Å²) in [7, 11) is -2.18. The van der Waals surface area contributed by atoms with Gasteiger partial charge in [0.05, 0.1) is 4.90 Å². The van der Waals surface area contributed by atoms with E-state index in [9.17, 15) is 13.2 Å². The van der Waals surface area contributed by atoms with E-state index >= 15 is 0 Å². The number of amides is 1. The first-order valence-corrected chi connectivity index (χ1v) is 8.71. The maximum absolute atomic E-state index is 12.5. The fraction of sp³-hybridized carbons (Fsp3) is 0.0556. The van der Waals surface area contributed by atoms with Gasteiger partial charge in [-0.15, -0.1) is 0 Å². The third-order valence-electron chi connectivity index (χ3n) is 3.56. The summed E-state index contributed by atoms with van der Waals surface area (Å²) in [5, 5.41) is -0.251. The van der Waals surface area contributed by atoms with Gasteiger partial charge in [-0.3, -0.25) is 4.79 Å². The van der Waals surface area contributed by atoms with Crippen molar-refractivity contribution in [3.05, 3.63) is 78.6 Å². The first-order chi connectivity index (χ1) is 11.5. The normalized spacial score (nSPS) is 11.2. The second kappa shape index (κ2) is 6.33. The number of nitrogens with zero attached hydrogens (tertiary/aromatic N) is 1. The Morgan fingerprint density at radius 1 is 0.875 bits per heavy atom. The second-order valence-corrected chi connectivity index (χ2v) is 7.02. The Hall–Kier alpha value is -2.86. The molecule has 0 saturated carbocycles. The summed E-state index contributed by atoms with van der Waals surface area (Å²) in [4.78, 5) is 14.0. The number of carbonyl (C=O) groups excluding carboxylic acids is 1. The Kier molecular flexibility index (Phi) is 4.22. The van der Waals surface area contributed by atoms with Crippen LogP contribution in [0.2, 0.25) is 0 Å². The lowest BCUT2D eigenvalue weighted by Gasteiger charge is -2.15. The zero-order valence-electron chi connectivity index (χ0n) is 12.9. The van der Waals surface area contributed by atoms with Crippen LogP contribution in [0.4, 0.5) is 5.69 Å². The fourth-order valence-corrected chi connectivity index (χ4v) is 3.42. The Bertz CT molecular complexity index is 947. The summed E-state index contributed by atoms with van der Waals surface area (Å²) in [5.74, 6) is -0.452. The molecule has 0 bridgehead atoms. The molecule has 0 atom stereocenters. The van der Waals surface area contributed by atoms with E-state index in [1.165, 1.54) is 29.2 Å². The number of para-hydroxylation sites is 1. The summed E-state index contributed by atoms with van der Waals surface area (Å²) in [6.45, 7) is 0. The van der Waals surface area contributed by atoms with E-state index in [0.29, 0.717) is 5.69 Å². The molecule has 122 valence electrons. The molecule has 3 rings (SSSR count). The van der Waals surface area contributed by atoms with Gasteiger partial charge in [0.25, 0.3) is 5.91 Å². The van der Waals surface area contributed by atoms with Gasteiger partial charge in [0.15, 0.2) is 5.76 Å². The van der Waals surface area contributed by atoms with Crippen LogP contribution < -0.4 is 4.90 Å². The average Bonchev–Trinajstić information content (AvgIpc) is 3.13. The quantitative estimate of drug-likeness (QED) is 0.729. The van der Waals surface area contributed by atoms with Crippen LogP contribution in [0, 0.1) is 0 Å². The number of benzene rings is 2. The van der Waals surface area contributed by atoms with Crippen molar-refractivity contribution in [1.82, 2.24) is 0 Å². The van der Waals surface area contributed by atoms with Crippen molar-refractivity contribution in [2.24, 2.45) is 0 Å². The lowest BCUT2D eigenvalue weighted by molar-refractivity contribution is 0.0961. The van der Waals surface area contributed by atoms with Crippen LogP contribution >= 0.6 is 0 Å². The lowest BCUT2D eigenvalue weighted by atomic mass is 10.3. The molecule has 0 N–H and O–H groups in total. The summed E-state index contributed by atoms with van der Waals surface area (Å²) in [6.07, 6.45) is 0. The highest BCUT2D eigenvalue weighted by Gasteiger charge is 2.24. The molecule has 3 aromatic rings. The first-order valence-electron chi connectivity index (χ1n) is 7.23. The number of furan rings is 1. The van der Waals surface area contributed by atoms with Gasteiger partial charge in [-0.1, -0.05) is 36.4 Å². The van der Waals surface area contributed by atoms with Gasteiger partial charge in [-0.05, 0) is 36.4 Å². The third-order valence-corrected chi connectivity index (χ3v) is 5.20. The predicted molar refractivity (Wildman–Crippen MR) is 89.8 cm³/mol. The van der Waals surface area contributed by atoms with Crippen molar-refractivity contribution in [3.8, 4) is 0 Å². The standard InChI is InChI=1S/C18H15NO4S/c1-19(14-8-4-2-5-9-14)18(20)16-12-13-17(23-16)24(21,22)15-10-6-3-7-11-15/h2-13H,1H3. The number of anilines is 1. The highest BCUT2D eigenvalue weighted by molar-refractivity contribution is 7.91. The van der Waals surface area contributed by atoms with Gasteiger partial charge in [-0.25, -0.2) is 8.42 Å². The van der Waals surface area contributed by atoms with Crippen LogP contribution in [-0.4, -0.2) is 21.4 Å². The molecule has 5 nitrogen and oxygen atoms in total. The molecule has 0 aliphatic rings. The molecule has 2 aromatic carbocycles. The number of hydrogen-bond donors (Lipinski definition) is 0. The van der Waals surface area contributed by atoms with Crippen molar-refractivity contribution in [3.63, 3.8) is 0 Å². The van der Waals surface area contributed by atoms with Crippen LogP contribution in [0.3, 0.4) is 0 Å². The van der Waals surface area contributed by atoms with Crippen molar-refractivity contribution in [1.29, 1.82) is 0 Å². The van der Waals surface area contributed by atoms with Gasteiger partial charge in [0, 0.05) is 12.7 Å². The second-order valence-electron chi connectivity index (χ2n) is 5.13. The molecule has 1 aromatic heterocycles. The van der Waals surface area contributed by atoms with E-state index in [0.717, 1.165) is 0 Å². The summed E-state index contributed by atoms with van der Waals surface area (Å²) in [5.41, 5.74) is 0.686. The van der Waals surface area contributed by atoms with Gasteiger partial charge in [0.2, 0.25) is 14.9 Å². The molecule has 0 radical (unpaired) electrons. The van der Waals surface area contributed by atoms with Gasteiger partial charge < -0.3 is 9.32 Å². The Morgan fingerprint density at radius 2 is 1.46 bits per heavy atom. The number of sulfone groups is 1.